The Morgan fingerprint density at radius 1 is 1.35 bits per heavy atom. The van der Waals surface area contributed by atoms with Gasteiger partial charge in [0, 0.05) is 0 Å². The van der Waals surface area contributed by atoms with Crippen molar-refractivity contribution in [2.45, 2.75) is 26.2 Å². The lowest BCUT2D eigenvalue weighted by molar-refractivity contribution is -0.142. The van der Waals surface area contributed by atoms with Gasteiger partial charge in [0.1, 0.15) is 6.61 Å². The molecule has 0 fully saturated rings. The van der Waals surface area contributed by atoms with Crippen LogP contribution >= 0.6 is 8.03 Å². The summed E-state index contributed by atoms with van der Waals surface area (Å²) in [6.45, 7) is 5.42. The highest BCUT2D eigenvalue weighted by molar-refractivity contribution is 7.48. The van der Waals surface area contributed by atoms with Crippen LogP contribution < -0.4 is 5.30 Å². The van der Waals surface area contributed by atoms with Crippen molar-refractivity contribution in [2.75, 3.05) is 6.61 Å². The number of carboxylic acids is 1. The molecule has 0 spiro atoms. The molecule has 0 aliphatic rings. The Morgan fingerprint density at radius 2 is 1.88 bits per heavy atom. The molecule has 1 aromatic carbocycles. The Morgan fingerprint density at radius 3 is 2.29 bits per heavy atom. The van der Waals surface area contributed by atoms with Gasteiger partial charge in [0.15, 0.2) is 0 Å². The smallest absolute Gasteiger partial charge is 0.481 e. The maximum absolute atomic E-state index is 11.5. The average molecular weight is 255 g/mol. The van der Waals surface area contributed by atoms with E-state index in [4.69, 9.17) is 9.63 Å². The summed E-state index contributed by atoms with van der Waals surface area (Å²) >= 11 is 0. The Kier molecular flexibility index (Phi) is 4.38. The molecule has 5 heteroatoms. The average Bonchev–Trinajstić information content (AvgIpc) is 2.29. The van der Waals surface area contributed by atoms with Crippen molar-refractivity contribution in [1.29, 1.82) is 0 Å². The molecule has 4 nitrogen and oxygen atoms in total. The minimum Gasteiger partial charge on any atom is -0.481 e. The van der Waals surface area contributed by atoms with Crippen LogP contribution in [0.15, 0.2) is 24.3 Å². The van der Waals surface area contributed by atoms with Crippen LogP contribution in [0, 0.1) is 0 Å². The minimum absolute atomic E-state index is 0.386. The summed E-state index contributed by atoms with van der Waals surface area (Å²) in [6, 6.07) is 6.65. The number of aliphatic carboxylic acids is 1. The second-order valence-corrected chi connectivity index (χ2v) is 5.44. The quantitative estimate of drug-likeness (QED) is 0.821. The zero-order valence-electron chi connectivity index (χ0n) is 10.1. The van der Waals surface area contributed by atoms with Gasteiger partial charge in [-0.1, -0.05) is 12.1 Å². The third kappa shape index (κ3) is 3.11. The fourth-order valence-corrected chi connectivity index (χ4v) is 2.09. The minimum atomic E-state index is -1.84. The molecule has 0 heterocycles. The molecule has 0 saturated heterocycles. The molecule has 1 aromatic rings. The van der Waals surface area contributed by atoms with Gasteiger partial charge in [-0.3, -0.25) is 4.79 Å². The predicted molar refractivity (Wildman–Crippen MR) is 66.0 cm³/mol. The number of carboxylic acid groups (broad SMARTS) is 1. The summed E-state index contributed by atoms with van der Waals surface area (Å²) in [7, 11) is -1.84. The maximum atomic E-state index is 11.5. The van der Waals surface area contributed by atoms with Crippen LogP contribution in [0.25, 0.3) is 0 Å². The van der Waals surface area contributed by atoms with E-state index in [1.54, 1.807) is 45.0 Å². The van der Waals surface area contributed by atoms with Crippen LogP contribution in [0.4, 0.5) is 0 Å². The maximum Gasteiger partial charge on any atom is 0.548 e. The molecule has 0 aliphatic carbocycles. The number of carbonyl (C=O) groups is 1. The first-order valence-corrected chi connectivity index (χ1v) is 6.51. The molecule has 0 bridgehead atoms. The van der Waals surface area contributed by atoms with Crippen molar-refractivity contribution < 1.29 is 19.0 Å². The topological polar surface area (TPSA) is 63.6 Å². The van der Waals surface area contributed by atoms with Gasteiger partial charge < -0.3 is 5.11 Å². The van der Waals surface area contributed by atoms with Gasteiger partial charge in [0.2, 0.25) is 5.30 Å². The molecule has 1 atom stereocenters. The van der Waals surface area contributed by atoms with Crippen molar-refractivity contribution in [3.8, 4) is 0 Å². The van der Waals surface area contributed by atoms with E-state index in [0.717, 1.165) is 0 Å². The lowest BCUT2D eigenvalue weighted by Gasteiger charge is -2.18. The standard InChI is InChI=1S/C12H15O4P/c1-4-16-17(15)10-7-5-9(6-8-10)12(2,3)11(13)14/h5-8H,4H2,1-3H3/p+1. The molecule has 92 valence electrons. The molecular formula is C12H16O4P+. The van der Waals surface area contributed by atoms with E-state index >= 15 is 0 Å². The van der Waals surface area contributed by atoms with Crippen molar-refractivity contribution >= 4 is 19.3 Å². The van der Waals surface area contributed by atoms with Crippen LogP contribution in [0.5, 0.6) is 0 Å². The van der Waals surface area contributed by atoms with E-state index in [1.165, 1.54) is 0 Å². The number of hydrogen-bond acceptors (Lipinski definition) is 3. The van der Waals surface area contributed by atoms with Crippen molar-refractivity contribution in [3.63, 3.8) is 0 Å². The van der Waals surface area contributed by atoms with Crippen molar-refractivity contribution in [2.24, 2.45) is 0 Å². The fourth-order valence-electron chi connectivity index (χ4n) is 1.32. The lowest BCUT2D eigenvalue weighted by Crippen LogP contribution is -2.28. The normalized spacial score (nSPS) is 12.3. The third-order valence-electron chi connectivity index (χ3n) is 2.58. The van der Waals surface area contributed by atoms with Gasteiger partial charge in [-0.05, 0) is 43.0 Å². The monoisotopic (exact) mass is 255 g/mol. The summed E-state index contributed by atoms with van der Waals surface area (Å²) in [5, 5.41) is 9.65. The number of benzene rings is 1. The van der Waals surface area contributed by atoms with E-state index in [0.29, 0.717) is 17.5 Å². The predicted octanol–water partition coefficient (Wildman–Crippen LogP) is 2.45. The second-order valence-electron chi connectivity index (χ2n) is 4.15. The Labute approximate surface area is 101 Å². The summed E-state index contributed by atoms with van der Waals surface area (Å²) in [6.07, 6.45) is 0. The Bertz CT molecular complexity index is 423. The molecule has 0 amide bonds. The van der Waals surface area contributed by atoms with Crippen LogP contribution in [-0.4, -0.2) is 17.7 Å². The van der Waals surface area contributed by atoms with Gasteiger partial charge in [-0.2, -0.15) is 0 Å². The molecule has 0 aromatic heterocycles. The molecule has 1 rings (SSSR count). The number of hydrogen-bond donors (Lipinski definition) is 1. The Balaban J connectivity index is 2.96. The van der Waals surface area contributed by atoms with E-state index < -0.39 is 19.4 Å². The zero-order chi connectivity index (χ0) is 13.1. The summed E-state index contributed by atoms with van der Waals surface area (Å²) < 4.78 is 16.5. The van der Waals surface area contributed by atoms with E-state index in [-0.39, 0.29) is 0 Å². The lowest BCUT2D eigenvalue weighted by atomic mass is 9.85. The van der Waals surface area contributed by atoms with Gasteiger partial charge in [-0.15, -0.1) is 4.52 Å². The molecule has 0 aliphatic heterocycles. The van der Waals surface area contributed by atoms with E-state index in [9.17, 15) is 9.36 Å². The first-order chi connectivity index (χ1) is 7.89. The summed E-state index contributed by atoms with van der Waals surface area (Å²) in [5.41, 5.74) is -0.274. The van der Waals surface area contributed by atoms with Crippen LogP contribution in [0.3, 0.4) is 0 Å². The summed E-state index contributed by atoms with van der Waals surface area (Å²) in [5.74, 6) is -0.889. The van der Waals surface area contributed by atoms with Crippen molar-refractivity contribution in [3.05, 3.63) is 29.8 Å². The highest BCUT2D eigenvalue weighted by atomic mass is 31.1. The summed E-state index contributed by atoms with van der Waals surface area (Å²) in [4.78, 5) is 11.1. The highest BCUT2D eigenvalue weighted by Gasteiger charge is 2.30. The van der Waals surface area contributed by atoms with Gasteiger partial charge in [-0.25, -0.2) is 0 Å². The fraction of sp³-hybridized carbons (Fsp3) is 0.417. The molecule has 0 radical (unpaired) electrons. The van der Waals surface area contributed by atoms with Crippen LogP contribution in [0.1, 0.15) is 26.3 Å². The van der Waals surface area contributed by atoms with Gasteiger partial charge >= 0.3 is 14.0 Å². The number of rotatable bonds is 5. The second kappa shape index (κ2) is 5.39. The molecule has 17 heavy (non-hydrogen) atoms. The van der Waals surface area contributed by atoms with E-state index in [2.05, 4.69) is 0 Å². The van der Waals surface area contributed by atoms with Gasteiger partial charge in [0.25, 0.3) is 0 Å². The van der Waals surface area contributed by atoms with E-state index in [1.807, 2.05) is 0 Å². The van der Waals surface area contributed by atoms with Crippen LogP contribution in [0.2, 0.25) is 0 Å². The SMILES string of the molecule is CCO[P+](=O)c1ccc(C(C)(C)C(=O)O)cc1. The van der Waals surface area contributed by atoms with Gasteiger partial charge in [0.05, 0.1) is 5.41 Å². The third-order valence-corrected chi connectivity index (χ3v) is 3.79. The molecule has 1 N–H and O–H groups in total. The molecule has 0 saturated carbocycles. The molecule has 1 unspecified atom stereocenters. The Hall–Kier alpha value is -1.25. The largest absolute Gasteiger partial charge is 0.548 e. The molecular weight excluding hydrogens is 239 g/mol. The highest BCUT2D eigenvalue weighted by Crippen LogP contribution is 2.26. The zero-order valence-corrected chi connectivity index (χ0v) is 11.0. The first kappa shape index (κ1) is 13.8. The van der Waals surface area contributed by atoms with Crippen molar-refractivity contribution in [1.82, 2.24) is 0 Å². The first-order valence-electron chi connectivity index (χ1n) is 5.33. The van der Waals surface area contributed by atoms with Crippen LogP contribution in [-0.2, 0) is 19.3 Å².